The van der Waals surface area contributed by atoms with Crippen molar-refractivity contribution in [3.63, 3.8) is 0 Å². The van der Waals surface area contributed by atoms with Gasteiger partial charge in [-0.1, -0.05) is 50.0 Å². The van der Waals surface area contributed by atoms with Crippen molar-refractivity contribution < 1.29 is 22.4 Å². The zero-order valence-corrected chi connectivity index (χ0v) is 22.4. The molecule has 0 aliphatic heterocycles. The van der Waals surface area contributed by atoms with E-state index in [4.69, 9.17) is 23.2 Å². The molecule has 2 aromatic rings. The molecule has 2 rings (SSSR count). The fourth-order valence-electron chi connectivity index (χ4n) is 3.40. The SMILES string of the molecule is CC[C@@H](C(=O)NCC(C)C)N(Cc1ccc(Cl)c(Cl)c1)C(=O)CN(c1ccc(F)cc1)S(C)(=O)=O. The third-order valence-corrected chi connectivity index (χ3v) is 7.08. The first-order chi connectivity index (χ1) is 16.3. The van der Waals surface area contributed by atoms with Crippen LogP contribution in [0.3, 0.4) is 0 Å². The molecule has 11 heteroatoms. The second-order valence-electron chi connectivity index (χ2n) is 8.58. The van der Waals surface area contributed by atoms with Crippen LogP contribution in [-0.4, -0.2) is 50.5 Å². The van der Waals surface area contributed by atoms with Crippen LogP contribution in [0.1, 0.15) is 32.8 Å². The van der Waals surface area contributed by atoms with Gasteiger partial charge in [-0.3, -0.25) is 13.9 Å². The van der Waals surface area contributed by atoms with Crippen LogP contribution in [0.4, 0.5) is 10.1 Å². The van der Waals surface area contributed by atoms with Gasteiger partial charge in [0.05, 0.1) is 22.0 Å². The zero-order valence-electron chi connectivity index (χ0n) is 20.1. The molecule has 35 heavy (non-hydrogen) atoms. The van der Waals surface area contributed by atoms with Gasteiger partial charge in [0.1, 0.15) is 18.4 Å². The molecule has 7 nitrogen and oxygen atoms in total. The minimum Gasteiger partial charge on any atom is -0.354 e. The molecule has 0 aliphatic rings. The minimum atomic E-state index is -3.89. The van der Waals surface area contributed by atoms with Crippen molar-refractivity contribution in [2.45, 2.75) is 39.8 Å². The molecule has 0 aromatic heterocycles. The quantitative estimate of drug-likeness (QED) is 0.451. The van der Waals surface area contributed by atoms with E-state index in [1.165, 1.54) is 17.0 Å². The van der Waals surface area contributed by atoms with E-state index in [2.05, 4.69) is 5.32 Å². The van der Waals surface area contributed by atoms with Gasteiger partial charge in [-0.25, -0.2) is 12.8 Å². The molecule has 1 N–H and O–H groups in total. The van der Waals surface area contributed by atoms with Crippen LogP contribution in [0.15, 0.2) is 42.5 Å². The second kappa shape index (κ2) is 12.6. The van der Waals surface area contributed by atoms with Gasteiger partial charge in [-0.2, -0.15) is 0 Å². The molecule has 0 radical (unpaired) electrons. The highest BCUT2D eigenvalue weighted by atomic mass is 35.5. The van der Waals surface area contributed by atoms with Crippen molar-refractivity contribution in [2.75, 3.05) is 23.7 Å². The number of nitrogens with one attached hydrogen (secondary N) is 1. The summed E-state index contributed by atoms with van der Waals surface area (Å²) in [5, 5.41) is 3.47. The second-order valence-corrected chi connectivity index (χ2v) is 11.3. The summed E-state index contributed by atoms with van der Waals surface area (Å²) >= 11 is 12.2. The van der Waals surface area contributed by atoms with Crippen LogP contribution in [0.5, 0.6) is 0 Å². The van der Waals surface area contributed by atoms with Crippen molar-refractivity contribution in [2.24, 2.45) is 5.92 Å². The Hall–Kier alpha value is -2.36. The third kappa shape index (κ3) is 8.37. The van der Waals surface area contributed by atoms with Crippen molar-refractivity contribution in [3.8, 4) is 0 Å². The standard InChI is InChI=1S/C24H30Cl2FN3O4S/c1-5-22(24(32)28-13-16(2)3)29(14-17-6-11-20(25)21(26)12-17)23(31)15-30(35(4,33)34)19-9-7-18(27)8-10-19/h6-12,16,22H,5,13-15H2,1-4H3,(H,28,32)/t22-/m0/s1. The molecule has 192 valence electrons. The summed E-state index contributed by atoms with van der Waals surface area (Å²) in [5.74, 6) is -1.28. The molecule has 2 aromatic carbocycles. The van der Waals surface area contributed by atoms with E-state index in [-0.39, 0.29) is 29.1 Å². The first-order valence-corrected chi connectivity index (χ1v) is 13.7. The number of benzene rings is 2. The van der Waals surface area contributed by atoms with E-state index in [9.17, 15) is 22.4 Å². The lowest BCUT2D eigenvalue weighted by Crippen LogP contribution is -2.52. The highest BCUT2D eigenvalue weighted by molar-refractivity contribution is 7.92. The predicted molar refractivity (Wildman–Crippen MR) is 138 cm³/mol. The van der Waals surface area contributed by atoms with E-state index >= 15 is 0 Å². The number of carbonyl (C=O) groups is 2. The smallest absolute Gasteiger partial charge is 0.244 e. The molecule has 0 saturated carbocycles. The number of halogens is 3. The fourth-order valence-corrected chi connectivity index (χ4v) is 4.57. The highest BCUT2D eigenvalue weighted by Gasteiger charge is 2.31. The molecule has 2 amide bonds. The molecule has 0 spiro atoms. The molecule has 0 heterocycles. The van der Waals surface area contributed by atoms with Gasteiger partial charge in [-0.15, -0.1) is 0 Å². The summed E-state index contributed by atoms with van der Waals surface area (Å²) in [6, 6.07) is 8.78. The number of anilines is 1. The average molecular weight is 546 g/mol. The van der Waals surface area contributed by atoms with Crippen LogP contribution >= 0.6 is 23.2 Å². The Morgan fingerprint density at radius 1 is 1.06 bits per heavy atom. The number of carbonyl (C=O) groups excluding carboxylic acids is 2. The van der Waals surface area contributed by atoms with Crippen LogP contribution < -0.4 is 9.62 Å². The first-order valence-electron chi connectivity index (χ1n) is 11.1. The molecular weight excluding hydrogens is 516 g/mol. The molecule has 1 atom stereocenters. The Kier molecular flexibility index (Phi) is 10.4. The molecular formula is C24H30Cl2FN3O4S. The Balaban J connectivity index is 2.43. The number of hydrogen-bond acceptors (Lipinski definition) is 4. The Labute approximate surface area is 216 Å². The van der Waals surface area contributed by atoms with Crippen molar-refractivity contribution >= 4 is 50.7 Å². The number of rotatable bonds is 11. The Morgan fingerprint density at radius 3 is 2.20 bits per heavy atom. The normalized spacial score (nSPS) is 12.3. The highest BCUT2D eigenvalue weighted by Crippen LogP contribution is 2.25. The maximum atomic E-state index is 13.5. The van der Waals surface area contributed by atoms with Gasteiger partial charge in [0, 0.05) is 13.1 Å². The lowest BCUT2D eigenvalue weighted by Gasteiger charge is -2.33. The molecule has 0 fully saturated rings. The van der Waals surface area contributed by atoms with E-state index in [0.29, 0.717) is 23.6 Å². The van der Waals surface area contributed by atoms with Crippen LogP contribution in [0, 0.1) is 11.7 Å². The lowest BCUT2D eigenvalue weighted by atomic mass is 10.1. The summed E-state index contributed by atoms with van der Waals surface area (Å²) < 4.78 is 39.3. The number of amides is 2. The van der Waals surface area contributed by atoms with Crippen LogP contribution in [-0.2, 0) is 26.2 Å². The Morgan fingerprint density at radius 2 is 1.69 bits per heavy atom. The predicted octanol–water partition coefficient (Wildman–Crippen LogP) is 4.48. The maximum Gasteiger partial charge on any atom is 0.244 e. The monoisotopic (exact) mass is 545 g/mol. The van der Waals surface area contributed by atoms with Crippen LogP contribution in [0.2, 0.25) is 10.0 Å². The number of nitrogens with zero attached hydrogens (tertiary/aromatic N) is 2. The molecule has 0 aliphatic carbocycles. The van der Waals surface area contributed by atoms with Gasteiger partial charge in [0.2, 0.25) is 21.8 Å². The maximum absolute atomic E-state index is 13.5. The van der Waals surface area contributed by atoms with Crippen molar-refractivity contribution in [3.05, 3.63) is 63.9 Å². The van der Waals surface area contributed by atoms with Gasteiger partial charge in [-0.05, 0) is 54.3 Å². The number of sulfonamides is 1. The lowest BCUT2D eigenvalue weighted by molar-refractivity contribution is -0.140. The Bertz CT molecular complexity index is 1140. The van der Waals surface area contributed by atoms with Crippen LogP contribution in [0.25, 0.3) is 0 Å². The number of hydrogen-bond donors (Lipinski definition) is 1. The summed E-state index contributed by atoms with van der Waals surface area (Å²) in [6.07, 6.45) is 1.26. The summed E-state index contributed by atoms with van der Waals surface area (Å²) in [5.41, 5.74) is 0.754. The molecule has 0 bridgehead atoms. The minimum absolute atomic E-state index is 0.00431. The first kappa shape index (κ1) is 28.9. The van der Waals surface area contributed by atoms with Crippen molar-refractivity contribution in [1.82, 2.24) is 10.2 Å². The van der Waals surface area contributed by atoms with Gasteiger partial charge >= 0.3 is 0 Å². The molecule has 0 unspecified atom stereocenters. The summed E-state index contributed by atoms with van der Waals surface area (Å²) in [6.45, 7) is 5.53. The molecule has 0 saturated heterocycles. The van der Waals surface area contributed by atoms with E-state index in [1.807, 2.05) is 13.8 Å². The summed E-state index contributed by atoms with van der Waals surface area (Å²) in [7, 11) is -3.89. The van der Waals surface area contributed by atoms with E-state index in [0.717, 1.165) is 22.7 Å². The largest absolute Gasteiger partial charge is 0.354 e. The zero-order chi connectivity index (χ0) is 26.3. The average Bonchev–Trinajstić information content (AvgIpc) is 2.78. The third-order valence-electron chi connectivity index (χ3n) is 5.20. The van der Waals surface area contributed by atoms with Gasteiger partial charge in [0.25, 0.3) is 0 Å². The van der Waals surface area contributed by atoms with Crippen molar-refractivity contribution in [1.29, 1.82) is 0 Å². The van der Waals surface area contributed by atoms with E-state index < -0.39 is 34.3 Å². The van der Waals surface area contributed by atoms with E-state index in [1.54, 1.807) is 25.1 Å². The van der Waals surface area contributed by atoms with Gasteiger partial charge < -0.3 is 10.2 Å². The fraction of sp³-hybridized carbons (Fsp3) is 0.417. The van der Waals surface area contributed by atoms with Gasteiger partial charge in [0.15, 0.2) is 0 Å². The topological polar surface area (TPSA) is 86.8 Å². The summed E-state index contributed by atoms with van der Waals surface area (Å²) in [4.78, 5) is 27.9.